The first kappa shape index (κ1) is 26.3. The minimum atomic E-state index is -1.01. The molecule has 0 unspecified atom stereocenters. The first-order valence-electron chi connectivity index (χ1n) is 10.9. The molecule has 2 rings (SSSR count). The lowest BCUT2D eigenvalue weighted by Crippen LogP contribution is -2.02. The van der Waals surface area contributed by atoms with Crippen LogP contribution < -0.4 is 18.9 Å². The highest BCUT2D eigenvalue weighted by Gasteiger charge is 2.07. The van der Waals surface area contributed by atoms with Gasteiger partial charge in [0, 0.05) is 12.2 Å². The van der Waals surface area contributed by atoms with Gasteiger partial charge < -0.3 is 29.2 Å². The molecule has 2 N–H and O–H groups in total. The van der Waals surface area contributed by atoms with Gasteiger partial charge >= 0.3 is 11.9 Å². The van der Waals surface area contributed by atoms with Crippen molar-refractivity contribution in [2.75, 3.05) is 27.4 Å². The molecule has 8 heteroatoms. The van der Waals surface area contributed by atoms with Crippen LogP contribution in [0.1, 0.15) is 36.8 Å². The molecular formula is C26H30O8. The number of methoxy groups -OCH3 is 2. The third-order valence-electron chi connectivity index (χ3n) is 4.77. The van der Waals surface area contributed by atoms with Crippen LogP contribution in [0, 0.1) is 0 Å². The van der Waals surface area contributed by atoms with E-state index in [-0.39, 0.29) is 0 Å². The van der Waals surface area contributed by atoms with Crippen LogP contribution in [0.5, 0.6) is 23.0 Å². The predicted molar refractivity (Wildman–Crippen MR) is 129 cm³/mol. The van der Waals surface area contributed by atoms with Gasteiger partial charge in [-0.25, -0.2) is 9.59 Å². The second kappa shape index (κ2) is 14.3. The standard InChI is InChI=1S/C26H30O8/c1-31-21-11-7-19(9-13-25(27)28)17-23(21)33-15-5-3-4-6-16-34-24-18-20(10-14-26(29)30)8-12-22(24)32-2/h7-14,17-18H,3-6,15-16H2,1-2H3,(H,27,28)(H,29,30)/b13-9+,14-10+. The van der Waals surface area contributed by atoms with Crippen LogP contribution in [0.25, 0.3) is 12.2 Å². The van der Waals surface area contributed by atoms with Crippen LogP contribution >= 0.6 is 0 Å². The molecule has 0 saturated heterocycles. The van der Waals surface area contributed by atoms with Gasteiger partial charge in [-0.15, -0.1) is 0 Å². The topological polar surface area (TPSA) is 112 Å². The molecule has 0 aliphatic heterocycles. The third kappa shape index (κ3) is 9.28. The molecule has 8 nitrogen and oxygen atoms in total. The average molecular weight is 471 g/mol. The Labute approximate surface area is 199 Å². The zero-order valence-corrected chi connectivity index (χ0v) is 19.4. The molecule has 182 valence electrons. The molecule has 0 radical (unpaired) electrons. The number of carboxylic acids is 2. The summed E-state index contributed by atoms with van der Waals surface area (Å²) in [6, 6.07) is 10.5. The van der Waals surface area contributed by atoms with E-state index in [1.54, 1.807) is 50.6 Å². The van der Waals surface area contributed by atoms with E-state index < -0.39 is 11.9 Å². The van der Waals surface area contributed by atoms with Gasteiger partial charge in [-0.2, -0.15) is 0 Å². The SMILES string of the molecule is COc1ccc(/C=C/C(=O)O)cc1OCCCCCCOc1cc(/C=C/C(=O)O)ccc1OC. The maximum absolute atomic E-state index is 10.7. The first-order valence-corrected chi connectivity index (χ1v) is 10.9. The highest BCUT2D eigenvalue weighted by Crippen LogP contribution is 2.30. The molecule has 2 aromatic carbocycles. The minimum Gasteiger partial charge on any atom is -0.493 e. The molecule has 34 heavy (non-hydrogen) atoms. The third-order valence-corrected chi connectivity index (χ3v) is 4.77. The van der Waals surface area contributed by atoms with Crippen LogP contribution in [0.15, 0.2) is 48.6 Å². The molecule has 0 atom stereocenters. The molecule has 0 heterocycles. The summed E-state index contributed by atoms with van der Waals surface area (Å²) in [4.78, 5) is 21.4. The Hall–Kier alpha value is -3.94. The molecule has 0 bridgehead atoms. The van der Waals surface area contributed by atoms with Gasteiger partial charge in [-0.1, -0.05) is 12.1 Å². The van der Waals surface area contributed by atoms with Crippen LogP contribution in [0.2, 0.25) is 0 Å². The van der Waals surface area contributed by atoms with Crippen molar-refractivity contribution >= 4 is 24.1 Å². The Bertz CT molecular complexity index is 928. The summed E-state index contributed by atoms with van der Waals surface area (Å²) >= 11 is 0. The maximum atomic E-state index is 10.7. The molecule has 0 aliphatic carbocycles. The average Bonchev–Trinajstić information content (AvgIpc) is 2.83. The molecule has 0 fully saturated rings. The van der Waals surface area contributed by atoms with Crippen molar-refractivity contribution in [3.8, 4) is 23.0 Å². The van der Waals surface area contributed by atoms with E-state index in [2.05, 4.69) is 0 Å². The lowest BCUT2D eigenvalue weighted by Gasteiger charge is -2.12. The van der Waals surface area contributed by atoms with Crippen LogP contribution in [-0.2, 0) is 9.59 Å². The summed E-state index contributed by atoms with van der Waals surface area (Å²) in [5, 5.41) is 17.5. The van der Waals surface area contributed by atoms with Gasteiger partial charge in [0.2, 0.25) is 0 Å². The Kier molecular flexibility index (Phi) is 11.0. The molecule has 0 saturated carbocycles. The van der Waals surface area contributed by atoms with Crippen molar-refractivity contribution < 1.29 is 38.7 Å². The zero-order valence-electron chi connectivity index (χ0n) is 19.4. The number of aliphatic carboxylic acids is 2. The second-order valence-electron chi connectivity index (χ2n) is 7.27. The largest absolute Gasteiger partial charge is 0.493 e. The van der Waals surface area contributed by atoms with Gasteiger partial charge in [0.25, 0.3) is 0 Å². The van der Waals surface area contributed by atoms with Crippen LogP contribution in [-0.4, -0.2) is 49.6 Å². The van der Waals surface area contributed by atoms with E-state index in [9.17, 15) is 9.59 Å². The highest BCUT2D eigenvalue weighted by molar-refractivity contribution is 5.86. The monoisotopic (exact) mass is 470 g/mol. The molecule has 0 aliphatic rings. The first-order chi connectivity index (χ1) is 16.4. The van der Waals surface area contributed by atoms with Crippen molar-refractivity contribution in [3.05, 3.63) is 59.7 Å². The summed E-state index contributed by atoms with van der Waals surface area (Å²) < 4.78 is 22.3. The zero-order chi connectivity index (χ0) is 24.8. The number of benzene rings is 2. The minimum absolute atomic E-state index is 0.509. The number of carbonyl (C=O) groups is 2. The highest BCUT2D eigenvalue weighted by atomic mass is 16.5. The molecule has 0 spiro atoms. The van der Waals surface area contributed by atoms with Gasteiger partial charge in [0.15, 0.2) is 23.0 Å². The summed E-state index contributed by atoms with van der Waals surface area (Å²) in [5.41, 5.74) is 1.43. The number of unbranched alkanes of at least 4 members (excludes halogenated alkanes) is 3. The molecule has 0 aromatic heterocycles. The number of rotatable bonds is 15. The summed E-state index contributed by atoms with van der Waals surface area (Å²) in [6.45, 7) is 1.02. The summed E-state index contributed by atoms with van der Waals surface area (Å²) in [6.07, 6.45) is 8.74. The Morgan fingerprint density at radius 3 is 1.44 bits per heavy atom. The van der Waals surface area contributed by atoms with Crippen molar-refractivity contribution in [2.24, 2.45) is 0 Å². The number of ether oxygens (including phenoxy) is 4. The lowest BCUT2D eigenvalue weighted by atomic mass is 10.1. The van der Waals surface area contributed by atoms with Crippen molar-refractivity contribution in [1.82, 2.24) is 0 Å². The Morgan fingerprint density at radius 1 is 0.676 bits per heavy atom. The van der Waals surface area contributed by atoms with Gasteiger partial charge in [0.05, 0.1) is 27.4 Å². The summed E-state index contributed by atoms with van der Waals surface area (Å²) in [5.74, 6) is 0.307. The molecule has 2 aromatic rings. The number of hydrogen-bond donors (Lipinski definition) is 2. The normalized spacial score (nSPS) is 11.0. The fraction of sp³-hybridized carbons (Fsp3) is 0.308. The van der Waals surface area contributed by atoms with Crippen molar-refractivity contribution in [1.29, 1.82) is 0 Å². The van der Waals surface area contributed by atoms with Crippen LogP contribution in [0.4, 0.5) is 0 Å². The second-order valence-corrected chi connectivity index (χ2v) is 7.27. The number of carboxylic acid groups (broad SMARTS) is 2. The number of hydrogen-bond acceptors (Lipinski definition) is 6. The fourth-order valence-corrected chi connectivity index (χ4v) is 3.08. The van der Waals surface area contributed by atoms with E-state index in [0.29, 0.717) is 47.3 Å². The smallest absolute Gasteiger partial charge is 0.328 e. The lowest BCUT2D eigenvalue weighted by molar-refractivity contribution is -0.132. The Morgan fingerprint density at radius 2 is 1.09 bits per heavy atom. The van der Waals surface area contributed by atoms with Crippen molar-refractivity contribution in [2.45, 2.75) is 25.7 Å². The quantitative estimate of drug-likeness (QED) is 0.279. The van der Waals surface area contributed by atoms with Gasteiger partial charge in [-0.3, -0.25) is 0 Å². The van der Waals surface area contributed by atoms with E-state index >= 15 is 0 Å². The van der Waals surface area contributed by atoms with Crippen molar-refractivity contribution in [3.63, 3.8) is 0 Å². The maximum Gasteiger partial charge on any atom is 0.328 e. The molecular weight excluding hydrogens is 440 g/mol. The van der Waals surface area contributed by atoms with E-state index in [0.717, 1.165) is 37.8 Å². The van der Waals surface area contributed by atoms with Gasteiger partial charge in [-0.05, 0) is 73.2 Å². The van der Waals surface area contributed by atoms with Crippen LogP contribution in [0.3, 0.4) is 0 Å². The Balaban J connectivity index is 1.74. The molecule has 0 amide bonds. The fourth-order valence-electron chi connectivity index (χ4n) is 3.08. The summed E-state index contributed by atoms with van der Waals surface area (Å²) in [7, 11) is 3.12. The van der Waals surface area contributed by atoms with Gasteiger partial charge in [0.1, 0.15) is 0 Å². The van der Waals surface area contributed by atoms with E-state index in [1.807, 2.05) is 0 Å². The predicted octanol–water partition coefficient (Wildman–Crippen LogP) is 4.92. The van der Waals surface area contributed by atoms with E-state index in [1.165, 1.54) is 12.2 Å². The van der Waals surface area contributed by atoms with E-state index in [4.69, 9.17) is 29.2 Å².